The first kappa shape index (κ1) is 11.1. The van der Waals surface area contributed by atoms with Gasteiger partial charge < -0.3 is 15.0 Å². The SMILES string of the molecule is CCC[C@H](N)c1nncn1CCOC. The van der Waals surface area contributed by atoms with Crippen LogP contribution in [0.5, 0.6) is 0 Å². The standard InChI is InChI=1S/C9H18N4O/c1-3-4-8(10)9-12-11-7-13(9)5-6-14-2/h7-8H,3-6,10H2,1-2H3/t8-/m0/s1. The first-order valence-electron chi connectivity index (χ1n) is 4.91. The fourth-order valence-corrected chi connectivity index (χ4v) is 1.35. The van der Waals surface area contributed by atoms with Crippen LogP contribution >= 0.6 is 0 Å². The molecule has 0 aliphatic rings. The van der Waals surface area contributed by atoms with Crippen LogP contribution < -0.4 is 5.73 Å². The molecule has 14 heavy (non-hydrogen) atoms. The van der Waals surface area contributed by atoms with Gasteiger partial charge in [-0.25, -0.2) is 0 Å². The van der Waals surface area contributed by atoms with Gasteiger partial charge in [0.2, 0.25) is 0 Å². The lowest BCUT2D eigenvalue weighted by Gasteiger charge is -2.11. The van der Waals surface area contributed by atoms with E-state index in [0.717, 1.165) is 25.2 Å². The fraction of sp³-hybridized carbons (Fsp3) is 0.778. The number of ether oxygens (including phenoxy) is 1. The smallest absolute Gasteiger partial charge is 0.149 e. The van der Waals surface area contributed by atoms with Crippen molar-refractivity contribution in [3.8, 4) is 0 Å². The second-order valence-electron chi connectivity index (χ2n) is 3.27. The predicted molar refractivity (Wildman–Crippen MR) is 53.7 cm³/mol. The molecule has 0 bridgehead atoms. The highest BCUT2D eigenvalue weighted by Crippen LogP contribution is 2.12. The summed E-state index contributed by atoms with van der Waals surface area (Å²) in [6.07, 6.45) is 3.69. The van der Waals surface area contributed by atoms with Crippen molar-refractivity contribution in [3.05, 3.63) is 12.2 Å². The van der Waals surface area contributed by atoms with E-state index in [4.69, 9.17) is 10.5 Å². The molecule has 1 aromatic rings. The zero-order valence-electron chi connectivity index (χ0n) is 8.81. The number of nitrogens with zero attached hydrogens (tertiary/aromatic N) is 3. The molecule has 1 aromatic heterocycles. The molecule has 0 fully saturated rings. The summed E-state index contributed by atoms with van der Waals surface area (Å²) < 4.78 is 6.94. The average Bonchev–Trinajstić information content (AvgIpc) is 2.63. The highest BCUT2D eigenvalue weighted by Gasteiger charge is 2.11. The van der Waals surface area contributed by atoms with E-state index < -0.39 is 0 Å². The topological polar surface area (TPSA) is 66.0 Å². The molecule has 1 rings (SSSR count). The van der Waals surface area contributed by atoms with Gasteiger partial charge in [-0.1, -0.05) is 13.3 Å². The maximum atomic E-state index is 5.96. The number of methoxy groups -OCH3 is 1. The molecular formula is C9H18N4O. The number of hydrogen-bond donors (Lipinski definition) is 1. The Morgan fingerprint density at radius 3 is 3.07 bits per heavy atom. The molecule has 1 atom stereocenters. The number of hydrogen-bond acceptors (Lipinski definition) is 4. The van der Waals surface area contributed by atoms with Gasteiger partial charge >= 0.3 is 0 Å². The molecule has 0 aliphatic heterocycles. The van der Waals surface area contributed by atoms with Crippen LogP contribution in [0.15, 0.2) is 6.33 Å². The van der Waals surface area contributed by atoms with Crippen molar-refractivity contribution in [1.82, 2.24) is 14.8 Å². The first-order chi connectivity index (χ1) is 6.79. The molecule has 2 N–H and O–H groups in total. The van der Waals surface area contributed by atoms with Crippen LogP contribution in [0.1, 0.15) is 31.6 Å². The Morgan fingerprint density at radius 1 is 1.64 bits per heavy atom. The Bertz CT molecular complexity index is 261. The van der Waals surface area contributed by atoms with Gasteiger partial charge in [0.25, 0.3) is 0 Å². The van der Waals surface area contributed by atoms with Crippen molar-refractivity contribution in [1.29, 1.82) is 0 Å². The summed E-state index contributed by atoms with van der Waals surface area (Å²) in [5.41, 5.74) is 5.96. The largest absolute Gasteiger partial charge is 0.383 e. The van der Waals surface area contributed by atoms with Gasteiger partial charge in [-0.05, 0) is 6.42 Å². The molecule has 1 heterocycles. The molecule has 0 spiro atoms. The third-order valence-electron chi connectivity index (χ3n) is 2.11. The lowest BCUT2D eigenvalue weighted by Crippen LogP contribution is -2.17. The van der Waals surface area contributed by atoms with Gasteiger partial charge in [0.05, 0.1) is 12.6 Å². The molecule has 0 radical (unpaired) electrons. The molecule has 80 valence electrons. The van der Waals surface area contributed by atoms with Crippen LogP contribution in [0.3, 0.4) is 0 Å². The van der Waals surface area contributed by atoms with Crippen LogP contribution in [0.2, 0.25) is 0 Å². The zero-order chi connectivity index (χ0) is 10.4. The minimum Gasteiger partial charge on any atom is -0.383 e. The third kappa shape index (κ3) is 2.78. The van der Waals surface area contributed by atoms with Crippen LogP contribution in [0.4, 0.5) is 0 Å². The quantitative estimate of drug-likeness (QED) is 0.731. The Morgan fingerprint density at radius 2 is 2.43 bits per heavy atom. The Labute approximate surface area is 84.3 Å². The Kier molecular flexibility index (Phi) is 4.55. The van der Waals surface area contributed by atoms with Crippen LogP contribution in [-0.2, 0) is 11.3 Å². The Balaban J connectivity index is 2.61. The molecule has 0 amide bonds. The summed E-state index contributed by atoms with van der Waals surface area (Å²) in [6, 6.07) is -0.0145. The van der Waals surface area contributed by atoms with Crippen molar-refractivity contribution < 1.29 is 4.74 Å². The monoisotopic (exact) mass is 198 g/mol. The highest BCUT2D eigenvalue weighted by atomic mass is 16.5. The van der Waals surface area contributed by atoms with E-state index in [-0.39, 0.29) is 6.04 Å². The van der Waals surface area contributed by atoms with Gasteiger partial charge in [-0.3, -0.25) is 0 Å². The molecule has 0 aromatic carbocycles. The van der Waals surface area contributed by atoms with E-state index in [1.807, 2.05) is 4.57 Å². The molecule has 0 unspecified atom stereocenters. The molecule has 0 saturated carbocycles. The predicted octanol–water partition coefficient (Wildman–Crippen LogP) is 0.724. The number of nitrogens with two attached hydrogens (primary N) is 1. The van der Waals surface area contributed by atoms with Crippen molar-refractivity contribution in [2.45, 2.75) is 32.4 Å². The maximum Gasteiger partial charge on any atom is 0.149 e. The van der Waals surface area contributed by atoms with Crippen molar-refractivity contribution in [2.75, 3.05) is 13.7 Å². The van der Waals surface area contributed by atoms with E-state index in [9.17, 15) is 0 Å². The second-order valence-corrected chi connectivity index (χ2v) is 3.27. The molecule has 5 nitrogen and oxygen atoms in total. The van der Waals surface area contributed by atoms with Crippen molar-refractivity contribution in [2.24, 2.45) is 5.73 Å². The van der Waals surface area contributed by atoms with E-state index in [1.54, 1.807) is 13.4 Å². The van der Waals surface area contributed by atoms with Crippen molar-refractivity contribution >= 4 is 0 Å². The average molecular weight is 198 g/mol. The minimum atomic E-state index is -0.0145. The highest BCUT2D eigenvalue weighted by molar-refractivity contribution is 4.93. The lowest BCUT2D eigenvalue weighted by atomic mass is 10.2. The molecule has 0 saturated heterocycles. The first-order valence-corrected chi connectivity index (χ1v) is 4.91. The summed E-state index contributed by atoms with van der Waals surface area (Å²) in [5.74, 6) is 0.851. The summed E-state index contributed by atoms with van der Waals surface area (Å²) >= 11 is 0. The van der Waals surface area contributed by atoms with E-state index in [0.29, 0.717) is 6.61 Å². The van der Waals surface area contributed by atoms with Gasteiger partial charge in [0.15, 0.2) is 0 Å². The van der Waals surface area contributed by atoms with Gasteiger partial charge in [-0.2, -0.15) is 0 Å². The molecule has 0 aliphatic carbocycles. The fourth-order valence-electron chi connectivity index (χ4n) is 1.35. The van der Waals surface area contributed by atoms with Crippen LogP contribution in [0, 0.1) is 0 Å². The Hall–Kier alpha value is -0.940. The second kappa shape index (κ2) is 5.72. The van der Waals surface area contributed by atoms with Crippen LogP contribution in [-0.4, -0.2) is 28.5 Å². The summed E-state index contributed by atoms with van der Waals surface area (Å²) in [6.45, 7) is 3.52. The summed E-state index contributed by atoms with van der Waals surface area (Å²) in [7, 11) is 1.68. The maximum absolute atomic E-state index is 5.96. The zero-order valence-corrected chi connectivity index (χ0v) is 8.81. The van der Waals surface area contributed by atoms with Crippen LogP contribution in [0.25, 0.3) is 0 Å². The van der Waals surface area contributed by atoms with Crippen molar-refractivity contribution in [3.63, 3.8) is 0 Å². The van der Waals surface area contributed by atoms with Gasteiger partial charge in [-0.15, -0.1) is 10.2 Å². The van der Waals surface area contributed by atoms with Gasteiger partial charge in [0, 0.05) is 13.7 Å². The normalized spacial score (nSPS) is 13.1. The molecular weight excluding hydrogens is 180 g/mol. The number of rotatable bonds is 6. The lowest BCUT2D eigenvalue weighted by molar-refractivity contribution is 0.185. The summed E-state index contributed by atoms with van der Waals surface area (Å²) in [4.78, 5) is 0. The summed E-state index contributed by atoms with van der Waals surface area (Å²) in [5, 5.41) is 7.88. The molecule has 5 heteroatoms. The number of aromatic nitrogens is 3. The van der Waals surface area contributed by atoms with E-state index in [2.05, 4.69) is 17.1 Å². The van der Waals surface area contributed by atoms with Gasteiger partial charge in [0.1, 0.15) is 12.2 Å². The van der Waals surface area contributed by atoms with E-state index >= 15 is 0 Å². The minimum absolute atomic E-state index is 0.0145. The third-order valence-corrected chi connectivity index (χ3v) is 2.11. The van der Waals surface area contributed by atoms with E-state index in [1.165, 1.54) is 0 Å².